The fourth-order valence-electron chi connectivity index (χ4n) is 1.72. The van der Waals surface area contributed by atoms with Crippen LogP contribution in [0.15, 0.2) is 18.3 Å². The maximum atomic E-state index is 5.69. The third-order valence-corrected chi connectivity index (χ3v) is 2.59. The van der Waals surface area contributed by atoms with Gasteiger partial charge < -0.3 is 10.5 Å². The van der Waals surface area contributed by atoms with Gasteiger partial charge in [0.2, 0.25) is 11.8 Å². The number of nitrogen functional groups attached to an aromatic ring is 1. The first-order chi connectivity index (χ1) is 9.21. The molecule has 0 atom stereocenters. The summed E-state index contributed by atoms with van der Waals surface area (Å²) < 4.78 is 5.02. The highest BCUT2D eigenvalue weighted by Crippen LogP contribution is 2.10. The molecule has 0 saturated carbocycles. The van der Waals surface area contributed by atoms with Crippen LogP contribution < -0.4 is 10.5 Å². The van der Waals surface area contributed by atoms with Gasteiger partial charge in [0, 0.05) is 25.1 Å². The van der Waals surface area contributed by atoms with E-state index in [1.165, 1.54) is 0 Å². The number of aromatic nitrogens is 4. The smallest absolute Gasteiger partial charge is 0.223 e. The quantitative estimate of drug-likeness (QED) is 0.873. The molecule has 6 heteroatoms. The lowest BCUT2D eigenvalue weighted by Gasteiger charge is -2.05. The second-order valence-corrected chi connectivity index (χ2v) is 4.16. The molecule has 100 valence electrons. The maximum Gasteiger partial charge on any atom is 0.223 e. The predicted octanol–water partition coefficient (Wildman–Crippen LogP) is 1.40. The highest BCUT2D eigenvalue weighted by atomic mass is 16.5. The summed E-state index contributed by atoms with van der Waals surface area (Å²) in [5.74, 6) is 2.27. The number of nitrogens with zero attached hydrogens (tertiary/aromatic N) is 4. The lowest BCUT2D eigenvalue weighted by molar-refractivity contribution is 0.397. The summed E-state index contributed by atoms with van der Waals surface area (Å²) in [5.41, 5.74) is 6.70. The first-order valence-electron chi connectivity index (χ1n) is 6.19. The van der Waals surface area contributed by atoms with Gasteiger partial charge in [0.05, 0.1) is 7.11 Å². The van der Waals surface area contributed by atoms with E-state index in [9.17, 15) is 0 Å². The summed E-state index contributed by atoms with van der Waals surface area (Å²) in [7, 11) is 1.59. The molecule has 0 aliphatic carbocycles. The molecule has 0 aliphatic rings. The number of ether oxygens (including phenoxy) is 1. The number of anilines is 1. The lowest BCUT2D eigenvalue weighted by Crippen LogP contribution is -2.08. The fourth-order valence-corrected chi connectivity index (χ4v) is 1.72. The van der Waals surface area contributed by atoms with Crippen molar-refractivity contribution in [1.29, 1.82) is 0 Å². The van der Waals surface area contributed by atoms with Crippen molar-refractivity contribution in [3.8, 4) is 5.88 Å². The van der Waals surface area contributed by atoms with Crippen LogP contribution in [0.1, 0.15) is 30.6 Å². The summed E-state index contributed by atoms with van der Waals surface area (Å²) in [4.78, 5) is 16.8. The number of pyridine rings is 1. The van der Waals surface area contributed by atoms with Crippen LogP contribution in [0.3, 0.4) is 0 Å². The summed E-state index contributed by atoms with van der Waals surface area (Å²) in [6.45, 7) is 2.08. The van der Waals surface area contributed by atoms with Gasteiger partial charge in [-0.3, -0.25) is 0 Å². The second-order valence-electron chi connectivity index (χ2n) is 4.16. The molecule has 2 aromatic rings. The van der Waals surface area contributed by atoms with Gasteiger partial charge >= 0.3 is 0 Å². The van der Waals surface area contributed by atoms with Crippen LogP contribution in [0, 0.1) is 0 Å². The van der Waals surface area contributed by atoms with Crippen molar-refractivity contribution < 1.29 is 4.74 Å². The van der Waals surface area contributed by atoms with Crippen molar-refractivity contribution >= 4 is 5.95 Å². The Morgan fingerprint density at radius 2 is 1.95 bits per heavy atom. The summed E-state index contributed by atoms with van der Waals surface area (Å²) in [6, 6.07) is 3.75. The van der Waals surface area contributed by atoms with Crippen molar-refractivity contribution in [3.63, 3.8) is 0 Å². The molecule has 2 N–H and O–H groups in total. The van der Waals surface area contributed by atoms with E-state index in [2.05, 4.69) is 26.9 Å². The molecule has 0 saturated heterocycles. The number of aryl methyl sites for hydroxylation is 1. The fraction of sp³-hybridized carbons (Fsp3) is 0.385. The number of hydrogen-bond donors (Lipinski definition) is 1. The first kappa shape index (κ1) is 13.2. The van der Waals surface area contributed by atoms with Crippen LogP contribution in [-0.4, -0.2) is 27.0 Å². The maximum absolute atomic E-state index is 5.69. The lowest BCUT2D eigenvalue weighted by atomic mass is 10.2. The van der Waals surface area contributed by atoms with E-state index in [4.69, 9.17) is 10.5 Å². The molecular weight excluding hydrogens is 242 g/mol. The van der Waals surface area contributed by atoms with Crippen LogP contribution in [0.5, 0.6) is 5.88 Å². The van der Waals surface area contributed by atoms with E-state index in [1.807, 2.05) is 12.1 Å². The minimum atomic E-state index is 0.273. The number of methoxy groups -OCH3 is 1. The van der Waals surface area contributed by atoms with Crippen LogP contribution in [0.4, 0.5) is 5.95 Å². The van der Waals surface area contributed by atoms with E-state index in [0.717, 1.165) is 24.2 Å². The van der Waals surface area contributed by atoms with E-state index >= 15 is 0 Å². The number of hydrogen-bond acceptors (Lipinski definition) is 6. The number of nitrogens with two attached hydrogens (primary N) is 1. The molecule has 2 aromatic heterocycles. The monoisotopic (exact) mass is 259 g/mol. The molecular formula is C13H17N5O. The van der Waals surface area contributed by atoms with Crippen LogP contribution in [0.2, 0.25) is 0 Å². The average Bonchev–Trinajstić information content (AvgIpc) is 2.39. The molecule has 0 bridgehead atoms. The molecule has 0 aliphatic heterocycles. The molecule has 0 unspecified atom stereocenters. The van der Waals surface area contributed by atoms with E-state index in [0.29, 0.717) is 18.1 Å². The normalized spacial score (nSPS) is 10.4. The molecule has 0 amide bonds. The second kappa shape index (κ2) is 6.08. The molecule has 2 rings (SSSR count). The average molecular weight is 259 g/mol. The number of rotatable bonds is 5. The molecule has 6 nitrogen and oxygen atoms in total. The van der Waals surface area contributed by atoms with E-state index in [1.54, 1.807) is 13.3 Å². The van der Waals surface area contributed by atoms with Crippen LogP contribution >= 0.6 is 0 Å². The SMILES string of the molecule is CCCc1nc(N)nc(Cc2ccc(OC)nc2)n1. The molecule has 2 heterocycles. The zero-order valence-electron chi connectivity index (χ0n) is 11.1. The Morgan fingerprint density at radius 3 is 2.58 bits per heavy atom. The highest BCUT2D eigenvalue weighted by Gasteiger charge is 2.05. The molecule has 19 heavy (non-hydrogen) atoms. The Bertz CT molecular complexity index is 541. The topological polar surface area (TPSA) is 86.8 Å². The molecule has 0 aromatic carbocycles. The molecule has 0 fully saturated rings. The molecule has 0 radical (unpaired) electrons. The predicted molar refractivity (Wildman–Crippen MR) is 71.8 cm³/mol. The van der Waals surface area contributed by atoms with Gasteiger partial charge in [0.25, 0.3) is 0 Å². The third-order valence-electron chi connectivity index (χ3n) is 2.59. The first-order valence-corrected chi connectivity index (χ1v) is 6.19. The largest absolute Gasteiger partial charge is 0.481 e. The van der Waals surface area contributed by atoms with Gasteiger partial charge in [-0.2, -0.15) is 9.97 Å². The van der Waals surface area contributed by atoms with Crippen LogP contribution in [-0.2, 0) is 12.8 Å². The zero-order chi connectivity index (χ0) is 13.7. The van der Waals surface area contributed by atoms with Gasteiger partial charge in [-0.25, -0.2) is 9.97 Å². The van der Waals surface area contributed by atoms with Gasteiger partial charge in [-0.15, -0.1) is 0 Å². The Kier molecular flexibility index (Phi) is 4.22. The van der Waals surface area contributed by atoms with Crippen molar-refractivity contribution in [2.24, 2.45) is 0 Å². The van der Waals surface area contributed by atoms with Crippen molar-refractivity contribution in [2.45, 2.75) is 26.2 Å². The van der Waals surface area contributed by atoms with Gasteiger partial charge in [-0.05, 0) is 12.0 Å². The van der Waals surface area contributed by atoms with Crippen molar-refractivity contribution in [2.75, 3.05) is 12.8 Å². The minimum Gasteiger partial charge on any atom is -0.481 e. The summed E-state index contributed by atoms with van der Waals surface area (Å²) in [5, 5.41) is 0. The third kappa shape index (κ3) is 3.61. The molecule has 0 spiro atoms. The summed E-state index contributed by atoms with van der Waals surface area (Å²) in [6.07, 6.45) is 4.12. The Balaban J connectivity index is 2.17. The van der Waals surface area contributed by atoms with Crippen LogP contribution in [0.25, 0.3) is 0 Å². The Hall–Kier alpha value is -2.24. The Morgan fingerprint density at radius 1 is 1.16 bits per heavy atom. The zero-order valence-corrected chi connectivity index (χ0v) is 11.1. The Labute approximate surface area is 112 Å². The standard InChI is InChI=1S/C13H17N5O/c1-3-4-10-16-11(18-13(14)17-10)7-9-5-6-12(19-2)15-8-9/h5-6,8H,3-4,7H2,1-2H3,(H2,14,16,17,18). The highest BCUT2D eigenvalue weighted by molar-refractivity contribution is 5.23. The van der Waals surface area contributed by atoms with Gasteiger partial charge in [-0.1, -0.05) is 13.0 Å². The minimum absolute atomic E-state index is 0.273. The van der Waals surface area contributed by atoms with Crippen molar-refractivity contribution in [1.82, 2.24) is 19.9 Å². The van der Waals surface area contributed by atoms with Gasteiger partial charge in [0.1, 0.15) is 11.6 Å². The van der Waals surface area contributed by atoms with E-state index in [-0.39, 0.29) is 5.95 Å². The summed E-state index contributed by atoms with van der Waals surface area (Å²) >= 11 is 0. The van der Waals surface area contributed by atoms with E-state index < -0.39 is 0 Å². The van der Waals surface area contributed by atoms with Crippen molar-refractivity contribution in [3.05, 3.63) is 35.5 Å². The van der Waals surface area contributed by atoms with Gasteiger partial charge in [0.15, 0.2) is 0 Å².